The molecule has 1 aliphatic rings. The van der Waals surface area contributed by atoms with Gasteiger partial charge in [0.05, 0.1) is 47.5 Å². The normalized spacial score (nSPS) is 16.2. The van der Waals surface area contributed by atoms with Crippen molar-refractivity contribution < 1.29 is 14.3 Å². The van der Waals surface area contributed by atoms with Crippen LogP contribution in [0.1, 0.15) is 28.4 Å². The summed E-state index contributed by atoms with van der Waals surface area (Å²) in [6.07, 6.45) is -0.780. The van der Waals surface area contributed by atoms with E-state index in [1.54, 1.807) is 12.1 Å². The molecule has 0 amide bonds. The highest BCUT2D eigenvalue weighted by Crippen LogP contribution is 2.47. The van der Waals surface area contributed by atoms with Crippen molar-refractivity contribution in [3.63, 3.8) is 0 Å². The highest BCUT2D eigenvalue weighted by Gasteiger charge is 2.34. The summed E-state index contributed by atoms with van der Waals surface area (Å²) in [5.74, 6) is 0.534. The third-order valence-corrected chi connectivity index (χ3v) is 4.32. The van der Waals surface area contributed by atoms with Crippen molar-refractivity contribution in [2.75, 3.05) is 41.5 Å². The lowest BCUT2D eigenvalue weighted by Gasteiger charge is -2.29. The van der Waals surface area contributed by atoms with Gasteiger partial charge in [0.1, 0.15) is 17.6 Å². The summed E-state index contributed by atoms with van der Waals surface area (Å²) in [5.41, 5.74) is 37.1. The summed E-state index contributed by atoms with van der Waals surface area (Å²) in [4.78, 5) is 12.6. The van der Waals surface area contributed by atoms with Crippen LogP contribution < -0.4 is 43.9 Å². The summed E-state index contributed by atoms with van der Waals surface area (Å²) >= 11 is 0. The number of anilines is 6. The van der Waals surface area contributed by atoms with Crippen LogP contribution in [0.5, 0.6) is 11.5 Å². The van der Waals surface area contributed by atoms with Crippen LogP contribution in [0.4, 0.5) is 34.1 Å². The highest BCUT2D eigenvalue weighted by atomic mass is 16.5. The third-order valence-electron chi connectivity index (χ3n) is 4.32. The minimum absolute atomic E-state index is 0.0132. The largest absolute Gasteiger partial charge is 0.497 e. The minimum Gasteiger partial charge on any atom is -0.497 e. The Morgan fingerprint density at radius 3 is 2.08 bits per heavy atom. The van der Waals surface area contributed by atoms with Crippen LogP contribution in [0.2, 0.25) is 0 Å². The van der Waals surface area contributed by atoms with Gasteiger partial charge < -0.3 is 43.9 Å². The number of Topliss-reactive ketones (excluding diaryl/α,β-unsaturated/α-hetero) is 1. The average molecular weight is 344 g/mol. The van der Waals surface area contributed by atoms with Crippen LogP contribution in [0, 0.1) is 0 Å². The van der Waals surface area contributed by atoms with Gasteiger partial charge >= 0.3 is 0 Å². The van der Waals surface area contributed by atoms with Gasteiger partial charge in [-0.25, -0.2) is 0 Å². The van der Waals surface area contributed by atoms with Crippen LogP contribution in [-0.4, -0.2) is 12.9 Å². The molecule has 12 N–H and O–H groups in total. The van der Waals surface area contributed by atoms with E-state index in [2.05, 4.69) is 0 Å². The summed E-state index contributed by atoms with van der Waals surface area (Å²) in [7, 11) is 1.49. The molecule has 25 heavy (non-hydrogen) atoms. The van der Waals surface area contributed by atoms with Crippen molar-refractivity contribution in [3.05, 3.63) is 23.3 Å². The maximum absolute atomic E-state index is 12.6. The zero-order valence-electron chi connectivity index (χ0n) is 13.6. The van der Waals surface area contributed by atoms with Crippen molar-refractivity contribution in [2.45, 2.75) is 12.5 Å². The molecule has 0 fully saturated rings. The summed E-state index contributed by atoms with van der Waals surface area (Å²) in [6, 6.07) is 3.13. The van der Waals surface area contributed by atoms with Gasteiger partial charge in [-0.1, -0.05) is 0 Å². The van der Waals surface area contributed by atoms with E-state index in [-0.39, 0.29) is 52.1 Å². The highest BCUT2D eigenvalue weighted by molar-refractivity contribution is 6.05. The van der Waals surface area contributed by atoms with E-state index in [1.165, 1.54) is 7.11 Å². The number of ketones is 1. The fourth-order valence-electron chi connectivity index (χ4n) is 2.96. The van der Waals surface area contributed by atoms with E-state index in [1.807, 2.05) is 0 Å². The zero-order chi connectivity index (χ0) is 18.5. The van der Waals surface area contributed by atoms with Gasteiger partial charge in [0.15, 0.2) is 5.78 Å². The van der Waals surface area contributed by atoms with Gasteiger partial charge in [-0.3, -0.25) is 4.79 Å². The summed E-state index contributed by atoms with van der Waals surface area (Å²) in [6.45, 7) is 0. The molecule has 0 saturated carbocycles. The SMILES string of the molecule is COc1cc(N)c2c(c1)OC(c1c(N)c(N)c(N)c(N)c1N)CC2=O. The Balaban J connectivity index is 2.14. The number of nitrogen functional groups attached to an aromatic ring is 6. The Morgan fingerprint density at radius 2 is 1.52 bits per heavy atom. The first-order valence-electron chi connectivity index (χ1n) is 7.44. The molecule has 9 nitrogen and oxygen atoms in total. The first-order chi connectivity index (χ1) is 11.8. The maximum atomic E-state index is 12.6. The number of hydrogen-bond donors (Lipinski definition) is 6. The Bertz CT molecular complexity index is 867. The Morgan fingerprint density at radius 1 is 0.960 bits per heavy atom. The van der Waals surface area contributed by atoms with Gasteiger partial charge in [0, 0.05) is 23.4 Å². The van der Waals surface area contributed by atoms with Crippen molar-refractivity contribution >= 4 is 39.9 Å². The number of nitrogens with two attached hydrogens (primary N) is 6. The van der Waals surface area contributed by atoms with Crippen molar-refractivity contribution in [1.29, 1.82) is 0 Å². The number of carbonyl (C=O) groups is 1. The molecule has 132 valence electrons. The summed E-state index contributed by atoms with van der Waals surface area (Å²) < 4.78 is 11.1. The molecular formula is C16H20N6O3. The molecule has 0 bridgehead atoms. The van der Waals surface area contributed by atoms with Crippen LogP contribution in [0.3, 0.4) is 0 Å². The third kappa shape index (κ3) is 2.36. The molecule has 1 aliphatic heterocycles. The van der Waals surface area contributed by atoms with Crippen LogP contribution >= 0.6 is 0 Å². The number of carbonyl (C=O) groups excluding carboxylic acids is 1. The zero-order valence-corrected chi connectivity index (χ0v) is 13.6. The number of methoxy groups -OCH3 is 1. The smallest absolute Gasteiger partial charge is 0.172 e. The Hall–Kier alpha value is -3.49. The second-order valence-electron chi connectivity index (χ2n) is 5.81. The summed E-state index contributed by atoms with van der Waals surface area (Å²) in [5, 5.41) is 0. The van der Waals surface area contributed by atoms with E-state index >= 15 is 0 Å². The lowest BCUT2D eigenvalue weighted by Crippen LogP contribution is -2.24. The van der Waals surface area contributed by atoms with Crippen molar-refractivity contribution in [1.82, 2.24) is 0 Å². The molecule has 3 rings (SSSR count). The first kappa shape index (κ1) is 16.4. The topological polar surface area (TPSA) is 192 Å². The van der Waals surface area contributed by atoms with E-state index in [9.17, 15) is 4.79 Å². The minimum atomic E-state index is -0.767. The second kappa shape index (κ2) is 5.55. The van der Waals surface area contributed by atoms with Crippen LogP contribution in [-0.2, 0) is 0 Å². The molecule has 1 heterocycles. The predicted octanol–water partition coefficient (Wildman–Crippen LogP) is 0.895. The molecule has 0 aliphatic carbocycles. The van der Waals surface area contributed by atoms with Gasteiger partial charge in [-0.2, -0.15) is 0 Å². The van der Waals surface area contributed by atoms with E-state index in [4.69, 9.17) is 43.9 Å². The van der Waals surface area contributed by atoms with E-state index in [0.717, 1.165) is 0 Å². The molecule has 9 heteroatoms. The predicted molar refractivity (Wildman–Crippen MR) is 98.2 cm³/mol. The van der Waals surface area contributed by atoms with E-state index < -0.39 is 6.10 Å². The fraction of sp³-hybridized carbons (Fsp3) is 0.188. The lowest BCUT2D eigenvalue weighted by atomic mass is 9.92. The van der Waals surface area contributed by atoms with E-state index in [0.29, 0.717) is 16.9 Å². The fourth-order valence-corrected chi connectivity index (χ4v) is 2.96. The molecule has 0 spiro atoms. The Labute approximate surface area is 143 Å². The molecule has 0 radical (unpaired) electrons. The van der Waals surface area contributed by atoms with Crippen molar-refractivity contribution in [2.24, 2.45) is 0 Å². The molecule has 2 aromatic rings. The quantitative estimate of drug-likeness (QED) is 0.429. The van der Waals surface area contributed by atoms with Crippen molar-refractivity contribution in [3.8, 4) is 11.5 Å². The Kier molecular flexibility index (Phi) is 3.63. The first-order valence-corrected chi connectivity index (χ1v) is 7.44. The monoisotopic (exact) mass is 344 g/mol. The molecular weight excluding hydrogens is 324 g/mol. The van der Waals surface area contributed by atoms with Crippen LogP contribution in [0.25, 0.3) is 0 Å². The second-order valence-corrected chi connectivity index (χ2v) is 5.81. The molecule has 1 atom stereocenters. The molecule has 0 aromatic heterocycles. The van der Waals surface area contributed by atoms with Crippen LogP contribution in [0.15, 0.2) is 12.1 Å². The number of rotatable bonds is 2. The number of benzene rings is 2. The number of fused-ring (bicyclic) bond motifs is 1. The van der Waals surface area contributed by atoms with Gasteiger partial charge in [0.2, 0.25) is 0 Å². The molecule has 0 saturated heterocycles. The standard InChI is InChI=1S/C16H20N6O3/c1-24-5-2-6(17)10-7(23)4-9(25-8(10)3-5)11-12(18)14(20)16(22)15(21)13(11)19/h2-3,9H,4,17-22H2,1H3. The number of ether oxygens (including phenoxy) is 2. The van der Waals surface area contributed by atoms with Gasteiger partial charge in [-0.15, -0.1) is 0 Å². The maximum Gasteiger partial charge on any atom is 0.172 e. The van der Waals surface area contributed by atoms with Gasteiger partial charge in [0.25, 0.3) is 0 Å². The number of hydrogen-bond acceptors (Lipinski definition) is 9. The van der Waals surface area contributed by atoms with Gasteiger partial charge in [-0.05, 0) is 0 Å². The lowest BCUT2D eigenvalue weighted by molar-refractivity contribution is 0.0853. The molecule has 1 unspecified atom stereocenters. The molecule has 2 aromatic carbocycles. The average Bonchev–Trinajstić information content (AvgIpc) is 2.57.